The summed E-state index contributed by atoms with van der Waals surface area (Å²) in [7, 11) is 0. The maximum atomic E-state index is 12.9. The van der Waals surface area contributed by atoms with Crippen LogP contribution in [-0.2, 0) is 4.79 Å². The van der Waals surface area contributed by atoms with E-state index in [9.17, 15) is 9.90 Å². The van der Waals surface area contributed by atoms with Crippen LogP contribution in [0.3, 0.4) is 0 Å². The van der Waals surface area contributed by atoms with Crippen molar-refractivity contribution in [1.29, 1.82) is 0 Å². The minimum absolute atomic E-state index is 0.0456. The lowest BCUT2D eigenvalue weighted by atomic mass is 9.47. The highest BCUT2D eigenvalue weighted by Crippen LogP contribution is 2.61. The third-order valence-electron chi connectivity index (χ3n) is 5.41. The van der Waals surface area contributed by atoms with Crippen LogP contribution in [0.5, 0.6) is 0 Å². The molecule has 5 rings (SSSR count). The second-order valence-electron chi connectivity index (χ2n) is 7.23. The van der Waals surface area contributed by atoms with Crippen molar-refractivity contribution in [1.82, 2.24) is 10.2 Å². The Hall–Kier alpha value is -0.660. The average molecular weight is 339 g/mol. The van der Waals surface area contributed by atoms with Crippen LogP contribution < -0.4 is 5.32 Å². The van der Waals surface area contributed by atoms with Crippen molar-refractivity contribution in [2.45, 2.75) is 55.4 Å². The Morgan fingerprint density at radius 3 is 2.73 bits per heavy atom. The van der Waals surface area contributed by atoms with E-state index in [4.69, 9.17) is 0 Å². The number of carbonyl (C=O) groups is 1. The van der Waals surface area contributed by atoms with Gasteiger partial charge in [-0.15, -0.1) is 10.2 Å². The highest BCUT2D eigenvalue weighted by atomic mass is 32.2. The SMILES string of the molecule is CCSc1nnc(NC(=O)C23C[C@H]4C[C@@H](CC(O)(C4)C2)C3)s1. The van der Waals surface area contributed by atoms with Crippen LogP contribution in [-0.4, -0.2) is 32.6 Å². The van der Waals surface area contributed by atoms with Gasteiger partial charge in [0.15, 0.2) is 4.34 Å². The van der Waals surface area contributed by atoms with Gasteiger partial charge in [-0.3, -0.25) is 4.79 Å². The maximum absolute atomic E-state index is 12.9. The summed E-state index contributed by atoms with van der Waals surface area (Å²) in [6.07, 6.45) is 5.42. The second kappa shape index (κ2) is 5.18. The first kappa shape index (κ1) is 14.9. The Bertz CT molecular complexity index is 589. The van der Waals surface area contributed by atoms with Gasteiger partial charge < -0.3 is 10.4 Å². The molecule has 2 atom stereocenters. The molecule has 5 nitrogen and oxygen atoms in total. The Morgan fingerprint density at radius 2 is 2.09 bits per heavy atom. The molecule has 7 heteroatoms. The van der Waals surface area contributed by atoms with E-state index in [2.05, 4.69) is 22.4 Å². The summed E-state index contributed by atoms with van der Waals surface area (Å²) < 4.78 is 0.891. The van der Waals surface area contributed by atoms with Crippen molar-refractivity contribution in [3.05, 3.63) is 0 Å². The van der Waals surface area contributed by atoms with Gasteiger partial charge in [-0.05, 0) is 56.1 Å². The van der Waals surface area contributed by atoms with Gasteiger partial charge in [-0.1, -0.05) is 30.0 Å². The zero-order chi connectivity index (χ0) is 15.4. The maximum Gasteiger partial charge on any atom is 0.232 e. The predicted molar refractivity (Wildman–Crippen MR) is 87.0 cm³/mol. The zero-order valence-electron chi connectivity index (χ0n) is 12.7. The summed E-state index contributed by atoms with van der Waals surface area (Å²) in [4.78, 5) is 12.9. The van der Waals surface area contributed by atoms with Gasteiger partial charge in [-0.2, -0.15) is 0 Å². The fraction of sp³-hybridized carbons (Fsp3) is 0.800. The molecular formula is C15H21N3O2S2. The molecule has 4 bridgehead atoms. The molecule has 0 saturated heterocycles. The number of aliphatic hydroxyl groups is 1. The van der Waals surface area contributed by atoms with Crippen LogP contribution in [0.1, 0.15) is 45.4 Å². The quantitative estimate of drug-likeness (QED) is 0.652. The Labute approximate surface area is 138 Å². The molecule has 1 aromatic heterocycles. The minimum Gasteiger partial charge on any atom is -0.390 e. The summed E-state index contributed by atoms with van der Waals surface area (Å²) in [6, 6.07) is 0. The highest BCUT2D eigenvalue weighted by molar-refractivity contribution is 8.01. The van der Waals surface area contributed by atoms with E-state index in [1.165, 1.54) is 17.8 Å². The van der Waals surface area contributed by atoms with E-state index in [0.29, 0.717) is 23.4 Å². The fourth-order valence-electron chi connectivity index (χ4n) is 5.15. The lowest BCUT2D eigenvalue weighted by Gasteiger charge is -2.59. The molecule has 2 N–H and O–H groups in total. The van der Waals surface area contributed by atoms with E-state index >= 15 is 0 Å². The lowest BCUT2D eigenvalue weighted by molar-refractivity contribution is -0.174. The first-order valence-electron chi connectivity index (χ1n) is 8.00. The number of carbonyl (C=O) groups excluding carboxylic acids is 1. The van der Waals surface area contributed by atoms with Gasteiger partial charge in [0.2, 0.25) is 11.0 Å². The van der Waals surface area contributed by atoms with Gasteiger partial charge in [-0.25, -0.2) is 0 Å². The van der Waals surface area contributed by atoms with Crippen LogP contribution in [0.15, 0.2) is 4.34 Å². The molecule has 4 aliphatic rings. The first-order chi connectivity index (χ1) is 10.5. The summed E-state index contributed by atoms with van der Waals surface area (Å²) in [5.74, 6) is 2.02. The molecule has 22 heavy (non-hydrogen) atoms. The van der Waals surface area contributed by atoms with Gasteiger partial charge in [0, 0.05) is 0 Å². The number of amides is 1. The molecule has 1 heterocycles. The van der Waals surface area contributed by atoms with E-state index < -0.39 is 5.60 Å². The Morgan fingerprint density at radius 1 is 1.36 bits per heavy atom. The van der Waals surface area contributed by atoms with Crippen LogP contribution in [0.4, 0.5) is 5.13 Å². The largest absolute Gasteiger partial charge is 0.390 e. The molecule has 0 spiro atoms. The summed E-state index contributed by atoms with van der Waals surface area (Å²) in [5, 5.41) is 22.5. The van der Waals surface area contributed by atoms with Gasteiger partial charge in [0.1, 0.15) is 0 Å². The van der Waals surface area contributed by atoms with Crippen molar-refractivity contribution < 1.29 is 9.90 Å². The van der Waals surface area contributed by atoms with E-state index in [1.54, 1.807) is 11.8 Å². The minimum atomic E-state index is -0.605. The number of hydrogen-bond donors (Lipinski definition) is 2. The zero-order valence-corrected chi connectivity index (χ0v) is 14.3. The second-order valence-corrected chi connectivity index (χ2v) is 9.71. The van der Waals surface area contributed by atoms with Crippen molar-refractivity contribution in [3.63, 3.8) is 0 Å². The molecule has 4 fully saturated rings. The van der Waals surface area contributed by atoms with Gasteiger partial charge in [0.05, 0.1) is 11.0 Å². The molecular weight excluding hydrogens is 318 g/mol. The molecule has 0 aliphatic heterocycles. The van der Waals surface area contributed by atoms with Crippen molar-refractivity contribution in [2.75, 3.05) is 11.1 Å². The smallest absolute Gasteiger partial charge is 0.232 e. The third-order valence-corrected chi connectivity index (χ3v) is 7.26. The Balaban J connectivity index is 1.52. The van der Waals surface area contributed by atoms with E-state index in [-0.39, 0.29) is 11.3 Å². The summed E-state index contributed by atoms with van der Waals surface area (Å²) in [5.41, 5.74) is -0.992. The summed E-state index contributed by atoms with van der Waals surface area (Å²) in [6.45, 7) is 2.07. The molecule has 4 aliphatic carbocycles. The number of thioether (sulfide) groups is 1. The number of aromatic nitrogens is 2. The third kappa shape index (κ3) is 2.47. The number of anilines is 1. The van der Waals surface area contributed by atoms with Crippen molar-refractivity contribution in [3.8, 4) is 0 Å². The summed E-state index contributed by atoms with van der Waals surface area (Å²) >= 11 is 3.07. The van der Waals surface area contributed by atoms with Gasteiger partial charge in [0.25, 0.3) is 0 Å². The molecule has 1 aromatic rings. The first-order valence-corrected chi connectivity index (χ1v) is 9.81. The van der Waals surface area contributed by atoms with Crippen LogP contribution in [0.25, 0.3) is 0 Å². The lowest BCUT2D eigenvalue weighted by Crippen LogP contribution is -2.59. The number of rotatable bonds is 4. The molecule has 0 radical (unpaired) electrons. The molecule has 4 saturated carbocycles. The Kier molecular flexibility index (Phi) is 3.51. The van der Waals surface area contributed by atoms with Crippen LogP contribution >= 0.6 is 23.1 Å². The van der Waals surface area contributed by atoms with E-state index in [0.717, 1.165) is 35.8 Å². The predicted octanol–water partition coefficient (Wildman–Crippen LogP) is 2.92. The number of hydrogen-bond acceptors (Lipinski definition) is 6. The van der Waals surface area contributed by atoms with Gasteiger partial charge >= 0.3 is 0 Å². The molecule has 0 unspecified atom stereocenters. The number of nitrogens with zero attached hydrogens (tertiary/aromatic N) is 2. The molecule has 120 valence electrons. The van der Waals surface area contributed by atoms with E-state index in [1.807, 2.05) is 0 Å². The van der Waals surface area contributed by atoms with Crippen molar-refractivity contribution in [2.24, 2.45) is 17.3 Å². The fourth-order valence-corrected chi connectivity index (χ4v) is 6.80. The molecule has 1 amide bonds. The topological polar surface area (TPSA) is 75.1 Å². The standard InChI is InChI=1S/C15H21N3O2S2/c1-2-21-13-18-17-12(22-13)16-11(19)14-4-9-3-10(5-14)7-15(20,6-9)8-14/h9-10,20H,2-8H2,1H3,(H,16,17,19)/t9-,10-,14?,15?/m1/s1. The normalized spacial score (nSPS) is 39.2. The van der Waals surface area contributed by atoms with Crippen molar-refractivity contribution >= 4 is 34.1 Å². The highest BCUT2D eigenvalue weighted by Gasteiger charge is 2.60. The monoisotopic (exact) mass is 339 g/mol. The number of nitrogens with one attached hydrogen (secondary N) is 1. The average Bonchev–Trinajstić information content (AvgIpc) is 2.83. The molecule has 0 aromatic carbocycles. The van der Waals surface area contributed by atoms with Crippen LogP contribution in [0, 0.1) is 17.3 Å². The van der Waals surface area contributed by atoms with Crippen LogP contribution in [0.2, 0.25) is 0 Å².